The highest BCUT2D eigenvalue weighted by Gasteiger charge is 2.36. The summed E-state index contributed by atoms with van der Waals surface area (Å²) < 4.78 is 5.61. The van der Waals surface area contributed by atoms with E-state index in [0.717, 1.165) is 24.9 Å². The van der Waals surface area contributed by atoms with Crippen LogP contribution in [-0.2, 0) is 4.74 Å². The maximum Gasteiger partial charge on any atom is 0.156 e. The molecule has 1 saturated carbocycles. The summed E-state index contributed by atoms with van der Waals surface area (Å²) in [4.78, 5) is 4.74. The molecule has 1 unspecified atom stereocenters. The molecule has 0 aromatic heterocycles. The Kier molecular flexibility index (Phi) is 3.61. The Hall–Kier alpha value is -0.220. The number of hydrogen-bond donors (Lipinski definition) is 1. The van der Waals surface area contributed by atoms with Crippen LogP contribution in [0.3, 0.4) is 0 Å². The third kappa shape index (κ3) is 2.79. The second kappa shape index (κ2) is 5.19. The van der Waals surface area contributed by atoms with Gasteiger partial charge in [-0.1, -0.05) is 24.6 Å². The van der Waals surface area contributed by atoms with E-state index in [4.69, 9.17) is 9.73 Å². The van der Waals surface area contributed by atoms with Gasteiger partial charge < -0.3 is 10.1 Å². The van der Waals surface area contributed by atoms with Gasteiger partial charge in [0.2, 0.25) is 0 Å². The van der Waals surface area contributed by atoms with Crippen molar-refractivity contribution in [3.63, 3.8) is 0 Å². The molecule has 3 nitrogen and oxygen atoms in total. The molecule has 96 valence electrons. The standard InChI is InChI=1S/C13H22N2OS/c1-2-6-13(5-1)9-15-12(17-10-13)14-8-11-4-3-7-16-11/h11H,1-10H2,(H,14,15). The molecule has 17 heavy (non-hydrogen) atoms. The van der Waals surface area contributed by atoms with Crippen molar-refractivity contribution in [1.29, 1.82) is 0 Å². The van der Waals surface area contributed by atoms with Gasteiger partial charge >= 0.3 is 0 Å². The third-order valence-electron chi connectivity index (χ3n) is 4.24. The minimum absolute atomic E-state index is 0.417. The lowest BCUT2D eigenvalue weighted by molar-refractivity contribution is 0.114. The number of thioether (sulfide) groups is 1. The van der Waals surface area contributed by atoms with E-state index in [1.165, 1.54) is 44.3 Å². The van der Waals surface area contributed by atoms with E-state index < -0.39 is 0 Å². The maximum atomic E-state index is 5.61. The van der Waals surface area contributed by atoms with Crippen LogP contribution in [0.25, 0.3) is 0 Å². The van der Waals surface area contributed by atoms with Crippen molar-refractivity contribution in [2.75, 3.05) is 25.4 Å². The zero-order chi connectivity index (χ0) is 11.6. The van der Waals surface area contributed by atoms with Crippen molar-refractivity contribution < 1.29 is 4.74 Å². The first kappa shape index (κ1) is 11.8. The molecule has 1 aliphatic carbocycles. The van der Waals surface area contributed by atoms with Crippen LogP contribution in [-0.4, -0.2) is 36.7 Å². The van der Waals surface area contributed by atoms with E-state index in [-0.39, 0.29) is 0 Å². The molecule has 1 N–H and O–H groups in total. The van der Waals surface area contributed by atoms with Crippen molar-refractivity contribution in [3.8, 4) is 0 Å². The molecule has 1 saturated heterocycles. The number of ether oxygens (including phenoxy) is 1. The van der Waals surface area contributed by atoms with Crippen LogP contribution >= 0.6 is 11.8 Å². The van der Waals surface area contributed by atoms with Gasteiger partial charge in [0.05, 0.1) is 6.10 Å². The van der Waals surface area contributed by atoms with Crippen molar-refractivity contribution in [3.05, 3.63) is 0 Å². The molecule has 0 aromatic rings. The highest BCUT2D eigenvalue weighted by atomic mass is 32.2. The normalized spacial score (nSPS) is 31.8. The van der Waals surface area contributed by atoms with Crippen LogP contribution in [0.2, 0.25) is 0 Å². The van der Waals surface area contributed by atoms with Crippen molar-refractivity contribution >= 4 is 16.9 Å². The summed E-state index contributed by atoms with van der Waals surface area (Å²) in [6, 6.07) is 0. The van der Waals surface area contributed by atoms with Crippen LogP contribution in [0.15, 0.2) is 4.99 Å². The quantitative estimate of drug-likeness (QED) is 0.821. The molecule has 0 amide bonds. The third-order valence-corrected chi connectivity index (χ3v) is 5.55. The Morgan fingerprint density at radius 3 is 2.88 bits per heavy atom. The first-order valence-electron chi connectivity index (χ1n) is 6.89. The smallest absolute Gasteiger partial charge is 0.156 e. The Balaban J connectivity index is 1.47. The Morgan fingerprint density at radius 1 is 1.35 bits per heavy atom. The molecular weight excluding hydrogens is 232 g/mol. The Bertz CT molecular complexity index is 294. The molecule has 3 rings (SSSR count). The summed E-state index contributed by atoms with van der Waals surface area (Å²) in [5, 5.41) is 4.61. The summed E-state index contributed by atoms with van der Waals surface area (Å²) in [6.45, 7) is 2.93. The topological polar surface area (TPSA) is 33.6 Å². The minimum Gasteiger partial charge on any atom is -0.376 e. The second-order valence-corrected chi connectivity index (χ2v) is 6.60. The predicted octanol–water partition coefficient (Wildman–Crippen LogP) is 2.42. The van der Waals surface area contributed by atoms with E-state index in [1.807, 2.05) is 11.8 Å². The fourth-order valence-corrected chi connectivity index (χ4v) is 4.26. The largest absolute Gasteiger partial charge is 0.376 e. The highest BCUT2D eigenvalue weighted by Crippen LogP contribution is 2.43. The van der Waals surface area contributed by atoms with E-state index >= 15 is 0 Å². The average molecular weight is 254 g/mol. The van der Waals surface area contributed by atoms with Crippen LogP contribution in [0.5, 0.6) is 0 Å². The number of rotatable bonds is 2. The SMILES string of the molecule is C1COC(CNC2=NCC3(CCCC3)CS2)C1. The number of nitrogens with zero attached hydrogens (tertiary/aromatic N) is 1. The summed E-state index contributed by atoms with van der Waals surface area (Å²) in [7, 11) is 0. The molecule has 4 heteroatoms. The van der Waals surface area contributed by atoms with Crippen molar-refractivity contribution in [1.82, 2.24) is 5.32 Å². The van der Waals surface area contributed by atoms with Gasteiger partial charge in [0.1, 0.15) is 0 Å². The molecule has 2 aliphatic heterocycles. The lowest BCUT2D eigenvalue weighted by Crippen LogP contribution is -2.36. The van der Waals surface area contributed by atoms with Gasteiger partial charge in [-0.2, -0.15) is 0 Å². The highest BCUT2D eigenvalue weighted by molar-refractivity contribution is 8.13. The second-order valence-electron chi connectivity index (χ2n) is 5.63. The predicted molar refractivity (Wildman–Crippen MR) is 72.6 cm³/mol. The van der Waals surface area contributed by atoms with E-state index in [2.05, 4.69) is 5.32 Å². The summed E-state index contributed by atoms with van der Waals surface area (Å²) in [5.74, 6) is 1.27. The number of amidine groups is 1. The minimum atomic E-state index is 0.417. The van der Waals surface area contributed by atoms with E-state index in [9.17, 15) is 0 Å². The van der Waals surface area contributed by atoms with Gasteiger partial charge in [-0.05, 0) is 31.1 Å². The molecule has 1 spiro atoms. The molecular formula is C13H22N2OS. The number of nitrogens with one attached hydrogen (secondary N) is 1. The van der Waals surface area contributed by atoms with E-state index in [1.54, 1.807) is 0 Å². The van der Waals surface area contributed by atoms with E-state index in [0.29, 0.717) is 11.5 Å². The average Bonchev–Trinajstić information content (AvgIpc) is 3.01. The van der Waals surface area contributed by atoms with Gasteiger partial charge in [0.25, 0.3) is 0 Å². The fourth-order valence-electron chi connectivity index (χ4n) is 3.09. The molecule has 2 heterocycles. The molecule has 1 atom stereocenters. The fraction of sp³-hybridized carbons (Fsp3) is 0.923. The summed E-state index contributed by atoms with van der Waals surface area (Å²) in [5.41, 5.74) is 0.555. The number of aliphatic imine (C=N–C) groups is 1. The maximum absolute atomic E-state index is 5.61. The number of hydrogen-bond acceptors (Lipinski definition) is 4. The first-order valence-corrected chi connectivity index (χ1v) is 7.88. The van der Waals surface area contributed by atoms with Crippen LogP contribution < -0.4 is 5.32 Å². The van der Waals surface area contributed by atoms with Gasteiger partial charge in [-0.15, -0.1) is 0 Å². The lowest BCUT2D eigenvalue weighted by Gasteiger charge is -2.31. The van der Waals surface area contributed by atoms with Gasteiger partial charge in [-0.3, -0.25) is 4.99 Å². The van der Waals surface area contributed by atoms with Gasteiger partial charge in [-0.25, -0.2) is 0 Å². The zero-order valence-corrected chi connectivity index (χ0v) is 11.2. The zero-order valence-electron chi connectivity index (χ0n) is 10.4. The molecule has 3 aliphatic rings. The van der Waals surface area contributed by atoms with Crippen molar-refractivity contribution in [2.24, 2.45) is 10.4 Å². The van der Waals surface area contributed by atoms with Crippen LogP contribution in [0, 0.1) is 5.41 Å². The molecule has 0 bridgehead atoms. The summed E-state index contributed by atoms with van der Waals surface area (Å²) in [6.07, 6.45) is 8.44. The molecule has 0 aromatic carbocycles. The molecule has 0 radical (unpaired) electrons. The van der Waals surface area contributed by atoms with Gasteiger partial charge in [0, 0.05) is 25.4 Å². The first-order chi connectivity index (χ1) is 8.36. The summed E-state index contributed by atoms with van der Waals surface area (Å²) >= 11 is 1.93. The Labute approximate surface area is 108 Å². The van der Waals surface area contributed by atoms with Crippen LogP contribution in [0.4, 0.5) is 0 Å². The molecule has 2 fully saturated rings. The van der Waals surface area contributed by atoms with Crippen LogP contribution in [0.1, 0.15) is 38.5 Å². The van der Waals surface area contributed by atoms with Crippen molar-refractivity contribution in [2.45, 2.75) is 44.6 Å². The lowest BCUT2D eigenvalue weighted by atomic mass is 9.89. The van der Waals surface area contributed by atoms with Gasteiger partial charge in [0.15, 0.2) is 5.17 Å². The monoisotopic (exact) mass is 254 g/mol. The Morgan fingerprint density at radius 2 is 2.24 bits per heavy atom.